The van der Waals surface area contributed by atoms with Crippen molar-refractivity contribution in [1.82, 2.24) is 0 Å². The van der Waals surface area contributed by atoms with Gasteiger partial charge in [-0.05, 0) is 12.5 Å². The van der Waals surface area contributed by atoms with E-state index in [0.29, 0.717) is 6.42 Å². The van der Waals surface area contributed by atoms with Gasteiger partial charge in [0.1, 0.15) is 0 Å². The van der Waals surface area contributed by atoms with Gasteiger partial charge in [-0.2, -0.15) is 0 Å². The van der Waals surface area contributed by atoms with Gasteiger partial charge in [-0.25, -0.2) is 4.79 Å². The van der Waals surface area contributed by atoms with Crippen LogP contribution in [0.3, 0.4) is 0 Å². The van der Waals surface area contributed by atoms with Crippen molar-refractivity contribution >= 4 is 5.97 Å². The lowest BCUT2D eigenvalue weighted by Crippen LogP contribution is -2.10. The quantitative estimate of drug-likeness (QED) is 0.635. The van der Waals surface area contributed by atoms with Crippen molar-refractivity contribution in [3.8, 4) is 0 Å². The molecular formula is C10H11NO2. The predicted octanol–water partition coefficient (Wildman–Crippen LogP) is 1.36. The topological polar surface area (TPSA) is 63.3 Å². The van der Waals surface area contributed by atoms with Gasteiger partial charge in [0.2, 0.25) is 0 Å². The minimum absolute atomic E-state index is 0.144. The summed E-state index contributed by atoms with van der Waals surface area (Å²) in [7, 11) is 0. The molecule has 0 aromatic rings. The summed E-state index contributed by atoms with van der Waals surface area (Å²) in [5, 5.41) is 8.77. The molecule has 1 aliphatic carbocycles. The Kier molecular flexibility index (Phi) is 2.69. The third-order valence-corrected chi connectivity index (χ3v) is 1.72. The Morgan fingerprint density at radius 2 is 2.31 bits per heavy atom. The van der Waals surface area contributed by atoms with Crippen LogP contribution < -0.4 is 5.73 Å². The van der Waals surface area contributed by atoms with E-state index in [2.05, 4.69) is 6.58 Å². The molecule has 68 valence electrons. The Labute approximate surface area is 76.6 Å². The van der Waals surface area contributed by atoms with Crippen LogP contribution in [0.1, 0.15) is 6.42 Å². The fourth-order valence-electron chi connectivity index (χ4n) is 1.01. The highest BCUT2D eigenvalue weighted by Gasteiger charge is 2.10. The maximum atomic E-state index is 10.7. The monoisotopic (exact) mass is 177 g/mol. The molecule has 0 heterocycles. The van der Waals surface area contributed by atoms with Crippen molar-refractivity contribution in [2.45, 2.75) is 6.42 Å². The molecule has 0 atom stereocenters. The molecule has 0 spiro atoms. The number of carbonyl (C=O) groups is 1. The van der Waals surface area contributed by atoms with Crippen molar-refractivity contribution in [2.75, 3.05) is 0 Å². The first-order chi connectivity index (χ1) is 6.11. The number of hydrogen-bond acceptors (Lipinski definition) is 2. The number of carboxylic acids is 1. The molecule has 0 radical (unpaired) electrons. The van der Waals surface area contributed by atoms with Gasteiger partial charge >= 0.3 is 5.97 Å². The van der Waals surface area contributed by atoms with E-state index in [9.17, 15) is 4.79 Å². The third kappa shape index (κ3) is 2.33. The van der Waals surface area contributed by atoms with E-state index in [0.717, 1.165) is 5.57 Å². The Balaban J connectivity index is 3.05. The summed E-state index contributed by atoms with van der Waals surface area (Å²) in [5.74, 6) is -1.00. The SMILES string of the molecule is C=C1C=CC=C(N)C(C(=O)O)=CC1. The first-order valence-electron chi connectivity index (χ1n) is 3.86. The molecule has 3 N–H and O–H groups in total. The lowest BCUT2D eigenvalue weighted by atomic mass is 10.1. The van der Waals surface area contributed by atoms with Gasteiger partial charge in [0.25, 0.3) is 0 Å². The first-order valence-corrected chi connectivity index (χ1v) is 3.86. The minimum atomic E-state index is -1.00. The molecule has 1 aliphatic rings. The maximum Gasteiger partial charge on any atom is 0.337 e. The average Bonchev–Trinajstić information content (AvgIpc) is 2.01. The van der Waals surface area contributed by atoms with Gasteiger partial charge in [0.15, 0.2) is 0 Å². The molecule has 0 fully saturated rings. The normalized spacial score (nSPS) is 17.1. The zero-order chi connectivity index (χ0) is 9.84. The molecule has 0 bridgehead atoms. The summed E-state index contributed by atoms with van der Waals surface area (Å²) in [4.78, 5) is 10.7. The van der Waals surface area contributed by atoms with Crippen molar-refractivity contribution in [1.29, 1.82) is 0 Å². The van der Waals surface area contributed by atoms with Crippen LogP contribution in [0.2, 0.25) is 0 Å². The van der Waals surface area contributed by atoms with Crippen LogP contribution in [0.5, 0.6) is 0 Å². The molecule has 13 heavy (non-hydrogen) atoms. The second-order valence-corrected chi connectivity index (χ2v) is 2.77. The first kappa shape index (κ1) is 9.32. The fourth-order valence-corrected chi connectivity index (χ4v) is 1.01. The number of allylic oxidation sites excluding steroid dienone is 5. The maximum absolute atomic E-state index is 10.7. The standard InChI is InChI=1S/C10H11NO2/c1-7-3-2-4-9(11)8(6-5-7)10(12)13/h2-4,6H,1,5,11H2,(H,12,13). The lowest BCUT2D eigenvalue weighted by Gasteiger charge is -2.04. The second-order valence-electron chi connectivity index (χ2n) is 2.77. The van der Waals surface area contributed by atoms with Gasteiger partial charge in [0.05, 0.1) is 5.57 Å². The molecule has 0 aromatic heterocycles. The zero-order valence-electron chi connectivity index (χ0n) is 7.16. The highest BCUT2D eigenvalue weighted by Crippen LogP contribution is 2.13. The second kappa shape index (κ2) is 3.76. The smallest absolute Gasteiger partial charge is 0.337 e. The van der Waals surface area contributed by atoms with Crippen LogP contribution in [0.4, 0.5) is 0 Å². The van der Waals surface area contributed by atoms with E-state index in [-0.39, 0.29) is 11.3 Å². The average molecular weight is 177 g/mol. The van der Waals surface area contributed by atoms with E-state index in [1.165, 1.54) is 0 Å². The Morgan fingerprint density at radius 3 is 2.92 bits per heavy atom. The predicted molar refractivity (Wildman–Crippen MR) is 50.9 cm³/mol. The van der Waals surface area contributed by atoms with E-state index in [4.69, 9.17) is 10.8 Å². The van der Waals surface area contributed by atoms with E-state index in [1.807, 2.05) is 6.08 Å². The van der Waals surface area contributed by atoms with Gasteiger partial charge in [-0.1, -0.05) is 30.4 Å². The molecule has 1 rings (SSSR count). The van der Waals surface area contributed by atoms with Crippen LogP contribution in [-0.2, 0) is 4.79 Å². The number of carboxylic acid groups (broad SMARTS) is 1. The Hall–Kier alpha value is -1.77. The van der Waals surface area contributed by atoms with Gasteiger partial charge in [-0.3, -0.25) is 0 Å². The Morgan fingerprint density at radius 1 is 1.62 bits per heavy atom. The van der Waals surface area contributed by atoms with Crippen LogP contribution >= 0.6 is 0 Å². The minimum Gasteiger partial charge on any atom is -0.478 e. The molecule has 0 amide bonds. The molecule has 0 aliphatic heterocycles. The zero-order valence-corrected chi connectivity index (χ0v) is 7.16. The van der Waals surface area contributed by atoms with Crippen molar-refractivity contribution < 1.29 is 9.90 Å². The van der Waals surface area contributed by atoms with E-state index >= 15 is 0 Å². The summed E-state index contributed by atoms with van der Waals surface area (Å²) in [6, 6.07) is 0. The van der Waals surface area contributed by atoms with E-state index < -0.39 is 5.97 Å². The summed E-state index contributed by atoms with van der Waals surface area (Å²) in [6.07, 6.45) is 7.16. The highest BCUT2D eigenvalue weighted by atomic mass is 16.4. The van der Waals surface area contributed by atoms with Crippen molar-refractivity contribution in [3.05, 3.63) is 47.7 Å². The van der Waals surface area contributed by atoms with Crippen LogP contribution in [-0.4, -0.2) is 11.1 Å². The number of nitrogens with two attached hydrogens (primary N) is 1. The van der Waals surface area contributed by atoms with Gasteiger partial charge < -0.3 is 10.8 Å². The van der Waals surface area contributed by atoms with E-state index in [1.54, 1.807) is 18.2 Å². The molecule has 0 saturated carbocycles. The van der Waals surface area contributed by atoms with Gasteiger partial charge in [0, 0.05) is 5.70 Å². The fraction of sp³-hybridized carbons (Fsp3) is 0.100. The van der Waals surface area contributed by atoms with Gasteiger partial charge in [-0.15, -0.1) is 0 Å². The Bertz CT molecular complexity index is 335. The molecule has 0 aromatic carbocycles. The number of hydrogen-bond donors (Lipinski definition) is 2. The largest absolute Gasteiger partial charge is 0.478 e. The highest BCUT2D eigenvalue weighted by molar-refractivity contribution is 5.91. The lowest BCUT2D eigenvalue weighted by molar-refractivity contribution is -0.132. The molecule has 3 nitrogen and oxygen atoms in total. The van der Waals surface area contributed by atoms with Crippen LogP contribution in [0.25, 0.3) is 0 Å². The number of aliphatic carboxylic acids is 1. The summed E-state index contributed by atoms with van der Waals surface area (Å²) in [6.45, 7) is 3.74. The molecule has 0 unspecified atom stereocenters. The van der Waals surface area contributed by atoms with Crippen molar-refractivity contribution in [3.63, 3.8) is 0 Å². The third-order valence-electron chi connectivity index (χ3n) is 1.72. The van der Waals surface area contributed by atoms with Crippen LogP contribution in [0, 0.1) is 0 Å². The van der Waals surface area contributed by atoms with Crippen molar-refractivity contribution in [2.24, 2.45) is 5.73 Å². The van der Waals surface area contributed by atoms with Crippen LogP contribution in [0.15, 0.2) is 47.7 Å². The molecular weight excluding hydrogens is 166 g/mol. The summed E-state index contributed by atoms with van der Waals surface area (Å²) >= 11 is 0. The molecule has 0 saturated heterocycles. The summed E-state index contributed by atoms with van der Waals surface area (Å²) < 4.78 is 0. The summed E-state index contributed by atoms with van der Waals surface area (Å²) in [5.41, 5.74) is 6.81. The molecule has 3 heteroatoms. The number of rotatable bonds is 1.